The third-order valence-corrected chi connectivity index (χ3v) is 2.86. The highest BCUT2D eigenvalue weighted by atomic mass is 35.5. The Morgan fingerprint density at radius 1 is 1.41 bits per heavy atom. The summed E-state index contributed by atoms with van der Waals surface area (Å²) in [6, 6.07) is 5.56. The van der Waals surface area contributed by atoms with E-state index in [1.165, 1.54) is 0 Å². The van der Waals surface area contributed by atoms with Crippen molar-refractivity contribution in [2.45, 2.75) is 19.8 Å². The minimum absolute atomic E-state index is 0.181. The summed E-state index contributed by atoms with van der Waals surface area (Å²) in [7, 11) is 0. The standard InChI is InChI=1S/C13H13ClO3/c1-2-16-12(15)6-4-9-3-5-11(14)13-10(9)7-8-17-13/h3,5,7-8H,2,4,6H2,1H3. The summed E-state index contributed by atoms with van der Waals surface area (Å²) in [5, 5.41) is 1.55. The zero-order chi connectivity index (χ0) is 12.3. The second kappa shape index (κ2) is 5.23. The summed E-state index contributed by atoms with van der Waals surface area (Å²) in [5.74, 6) is -0.181. The molecule has 2 rings (SSSR count). The molecule has 0 aliphatic carbocycles. The number of carbonyl (C=O) groups is 1. The Morgan fingerprint density at radius 3 is 3.00 bits per heavy atom. The van der Waals surface area contributed by atoms with E-state index in [0.29, 0.717) is 30.1 Å². The van der Waals surface area contributed by atoms with Gasteiger partial charge in [-0.1, -0.05) is 17.7 Å². The van der Waals surface area contributed by atoms with Gasteiger partial charge in [0, 0.05) is 11.8 Å². The molecule has 0 fully saturated rings. The number of rotatable bonds is 4. The molecule has 0 unspecified atom stereocenters. The highest BCUT2D eigenvalue weighted by Crippen LogP contribution is 2.28. The number of hydrogen-bond donors (Lipinski definition) is 0. The SMILES string of the molecule is CCOC(=O)CCc1ccc(Cl)c2occc12. The Balaban J connectivity index is 2.16. The Kier molecular flexibility index (Phi) is 3.69. The van der Waals surface area contributed by atoms with Crippen LogP contribution in [0.25, 0.3) is 11.0 Å². The van der Waals surface area contributed by atoms with E-state index in [9.17, 15) is 4.79 Å². The van der Waals surface area contributed by atoms with Gasteiger partial charge in [-0.15, -0.1) is 0 Å². The van der Waals surface area contributed by atoms with Crippen molar-refractivity contribution in [1.82, 2.24) is 0 Å². The predicted molar refractivity (Wildman–Crippen MR) is 66.2 cm³/mol. The van der Waals surface area contributed by atoms with Crippen LogP contribution in [0.15, 0.2) is 28.9 Å². The smallest absolute Gasteiger partial charge is 0.306 e. The molecule has 0 bridgehead atoms. The molecule has 0 aliphatic rings. The molecule has 0 aliphatic heterocycles. The van der Waals surface area contributed by atoms with Crippen LogP contribution in [0.3, 0.4) is 0 Å². The van der Waals surface area contributed by atoms with Crippen LogP contribution in [-0.4, -0.2) is 12.6 Å². The Morgan fingerprint density at radius 2 is 2.24 bits per heavy atom. The van der Waals surface area contributed by atoms with Crippen LogP contribution in [0.1, 0.15) is 18.9 Å². The Labute approximate surface area is 104 Å². The first-order valence-corrected chi connectivity index (χ1v) is 5.90. The molecule has 3 nitrogen and oxygen atoms in total. The quantitative estimate of drug-likeness (QED) is 0.781. The van der Waals surface area contributed by atoms with Crippen molar-refractivity contribution in [3.05, 3.63) is 35.0 Å². The van der Waals surface area contributed by atoms with E-state index in [-0.39, 0.29) is 5.97 Å². The lowest BCUT2D eigenvalue weighted by Gasteiger charge is -2.04. The van der Waals surface area contributed by atoms with Crippen molar-refractivity contribution in [3.63, 3.8) is 0 Å². The maximum atomic E-state index is 11.3. The minimum Gasteiger partial charge on any atom is -0.466 e. The molecule has 0 amide bonds. The van der Waals surface area contributed by atoms with Crippen LogP contribution in [0.4, 0.5) is 0 Å². The number of benzene rings is 1. The summed E-state index contributed by atoms with van der Waals surface area (Å²) in [6.45, 7) is 2.22. The second-order valence-corrected chi connectivity index (χ2v) is 4.08. The number of furan rings is 1. The monoisotopic (exact) mass is 252 g/mol. The number of halogens is 1. The topological polar surface area (TPSA) is 39.4 Å². The lowest BCUT2D eigenvalue weighted by Crippen LogP contribution is -2.05. The lowest BCUT2D eigenvalue weighted by atomic mass is 10.1. The average Bonchev–Trinajstić information content (AvgIpc) is 2.78. The summed E-state index contributed by atoms with van der Waals surface area (Å²) in [5.41, 5.74) is 1.72. The van der Waals surface area contributed by atoms with E-state index < -0.39 is 0 Å². The summed E-state index contributed by atoms with van der Waals surface area (Å²) in [6.07, 6.45) is 2.60. The normalized spacial score (nSPS) is 10.7. The van der Waals surface area contributed by atoms with Crippen LogP contribution in [0, 0.1) is 0 Å². The van der Waals surface area contributed by atoms with Gasteiger partial charge in [0.15, 0.2) is 5.58 Å². The average molecular weight is 253 g/mol. The van der Waals surface area contributed by atoms with Gasteiger partial charge in [-0.25, -0.2) is 0 Å². The largest absolute Gasteiger partial charge is 0.466 e. The molecule has 0 saturated heterocycles. The maximum Gasteiger partial charge on any atom is 0.306 e. The zero-order valence-electron chi connectivity index (χ0n) is 9.53. The number of hydrogen-bond acceptors (Lipinski definition) is 3. The first-order valence-electron chi connectivity index (χ1n) is 5.52. The number of ether oxygens (including phenoxy) is 1. The Bertz CT molecular complexity index is 530. The zero-order valence-corrected chi connectivity index (χ0v) is 10.3. The Hall–Kier alpha value is -1.48. The van der Waals surface area contributed by atoms with Crippen molar-refractivity contribution < 1.29 is 13.9 Å². The summed E-state index contributed by atoms with van der Waals surface area (Å²) in [4.78, 5) is 11.3. The van der Waals surface area contributed by atoms with Gasteiger partial charge in [0.1, 0.15) is 0 Å². The van der Waals surface area contributed by atoms with Gasteiger partial charge >= 0.3 is 5.97 Å². The number of carbonyl (C=O) groups excluding carboxylic acids is 1. The van der Waals surface area contributed by atoms with E-state index in [2.05, 4.69) is 0 Å². The second-order valence-electron chi connectivity index (χ2n) is 3.67. The fraction of sp³-hybridized carbons (Fsp3) is 0.308. The van der Waals surface area contributed by atoms with Crippen LogP contribution in [-0.2, 0) is 16.0 Å². The first kappa shape index (κ1) is 12.0. The maximum absolute atomic E-state index is 11.3. The van der Waals surface area contributed by atoms with Gasteiger partial charge in [-0.05, 0) is 31.0 Å². The van der Waals surface area contributed by atoms with Crippen molar-refractivity contribution in [3.8, 4) is 0 Å². The van der Waals surface area contributed by atoms with Crippen LogP contribution in [0.5, 0.6) is 0 Å². The van der Waals surface area contributed by atoms with Gasteiger partial charge < -0.3 is 9.15 Å². The first-order chi connectivity index (χ1) is 8.22. The van der Waals surface area contributed by atoms with Gasteiger partial charge in [0.2, 0.25) is 0 Å². The molecule has 90 valence electrons. The van der Waals surface area contributed by atoms with Crippen molar-refractivity contribution >= 4 is 28.5 Å². The molecule has 4 heteroatoms. The van der Waals surface area contributed by atoms with E-state index in [0.717, 1.165) is 10.9 Å². The fourth-order valence-corrected chi connectivity index (χ4v) is 1.98. The van der Waals surface area contributed by atoms with Gasteiger partial charge in [-0.3, -0.25) is 4.79 Å². The lowest BCUT2D eigenvalue weighted by molar-refractivity contribution is -0.143. The van der Waals surface area contributed by atoms with E-state index in [1.54, 1.807) is 19.3 Å². The molecule has 0 atom stereocenters. The highest BCUT2D eigenvalue weighted by Gasteiger charge is 2.09. The number of esters is 1. The number of fused-ring (bicyclic) bond motifs is 1. The molecule has 17 heavy (non-hydrogen) atoms. The molecule has 1 heterocycles. The molecule has 2 aromatic rings. The third kappa shape index (κ3) is 2.61. The van der Waals surface area contributed by atoms with Crippen molar-refractivity contribution in [2.24, 2.45) is 0 Å². The molecule has 1 aromatic heterocycles. The van der Waals surface area contributed by atoms with Crippen LogP contribution < -0.4 is 0 Å². The number of aryl methyl sites for hydroxylation is 1. The van der Waals surface area contributed by atoms with E-state index in [4.69, 9.17) is 20.8 Å². The van der Waals surface area contributed by atoms with E-state index in [1.807, 2.05) is 12.1 Å². The highest BCUT2D eigenvalue weighted by molar-refractivity contribution is 6.34. The molecular formula is C13H13ClO3. The van der Waals surface area contributed by atoms with Crippen LogP contribution in [0.2, 0.25) is 5.02 Å². The van der Waals surface area contributed by atoms with E-state index >= 15 is 0 Å². The van der Waals surface area contributed by atoms with Crippen LogP contribution >= 0.6 is 11.6 Å². The van der Waals surface area contributed by atoms with Gasteiger partial charge in [0.25, 0.3) is 0 Å². The molecule has 0 saturated carbocycles. The molecule has 0 N–H and O–H groups in total. The van der Waals surface area contributed by atoms with Crippen molar-refractivity contribution in [2.75, 3.05) is 6.61 Å². The molecule has 1 aromatic carbocycles. The molecule has 0 radical (unpaired) electrons. The molecule has 0 spiro atoms. The fourth-order valence-electron chi connectivity index (χ4n) is 1.77. The van der Waals surface area contributed by atoms with Gasteiger partial charge in [0.05, 0.1) is 17.9 Å². The molecular weight excluding hydrogens is 240 g/mol. The summed E-state index contributed by atoms with van der Waals surface area (Å²) >= 11 is 6.00. The van der Waals surface area contributed by atoms with Gasteiger partial charge in [-0.2, -0.15) is 0 Å². The minimum atomic E-state index is -0.181. The third-order valence-electron chi connectivity index (χ3n) is 2.56. The van der Waals surface area contributed by atoms with Crippen molar-refractivity contribution in [1.29, 1.82) is 0 Å². The predicted octanol–water partition coefficient (Wildman–Crippen LogP) is 3.58. The summed E-state index contributed by atoms with van der Waals surface area (Å²) < 4.78 is 10.2.